The van der Waals surface area contributed by atoms with E-state index in [1.54, 1.807) is 18.3 Å². The van der Waals surface area contributed by atoms with Crippen LogP contribution in [0.3, 0.4) is 0 Å². The fourth-order valence-electron chi connectivity index (χ4n) is 1.99. The summed E-state index contributed by atoms with van der Waals surface area (Å²) in [5, 5.41) is 0. The van der Waals surface area contributed by atoms with Gasteiger partial charge in [-0.1, -0.05) is 31.2 Å². The number of rotatable bonds is 5. The second-order valence-electron chi connectivity index (χ2n) is 4.55. The van der Waals surface area contributed by atoms with Crippen LogP contribution in [-0.4, -0.2) is 24.3 Å². The summed E-state index contributed by atoms with van der Waals surface area (Å²) < 4.78 is 26.6. The number of pyridine rings is 1. The van der Waals surface area contributed by atoms with Gasteiger partial charge in [0.25, 0.3) is 0 Å². The Hall–Kier alpha value is -1.72. The third-order valence-electron chi connectivity index (χ3n) is 3.23. The largest absolute Gasteiger partial charge is 0.263 e. The summed E-state index contributed by atoms with van der Waals surface area (Å²) in [5.74, 6) is 0. The Labute approximate surface area is 120 Å². The fourth-order valence-corrected chi connectivity index (χ4v) is 3.38. The summed E-state index contributed by atoms with van der Waals surface area (Å²) in [6.07, 6.45) is 2.95. The van der Waals surface area contributed by atoms with E-state index >= 15 is 0 Å². The second kappa shape index (κ2) is 6.15. The van der Waals surface area contributed by atoms with Gasteiger partial charge in [-0.05, 0) is 30.2 Å². The minimum Gasteiger partial charge on any atom is -0.263 e. The molecular weight excluding hydrogens is 272 g/mol. The quantitative estimate of drug-likeness (QED) is 0.850. The van der Waals surface area contributed by atoms with E-state index in [1.807, 2.05) is 38.1 Å². The Bertz CT molecular complexity index is 669. The van der Waals surface area contributed by atoms with E-state index in [2.05, 4.69) is 4.98 Å². The molecule has 0 saturated heterocycles. The lowest BCUT2D eigenvalue weighted by atomic mass is 10.1. The van der Waals surface area contributed by atoms with E-state index in [9.17, 15) is 8.42 Å². The standard InChI is InChI=1S/C15H18N2O2S/c1-3-17(12-14-8-5-4-7-13(14)2)20(18,19)15-9-6-10-16-11-15/h4-11H,3,12H2,1-2H3. The van der Waals surface area contributed by atoms with Crippen LogP contribution in [-0.2, 0) is 16.6 Å². The minimum absolute atomic E-state index is 0.232. The molecule has 1 aromatic heterocycles. The van der Waals surface area contributed by atoms with Crippen LogP contribution in [0.15, 0.2) is 53.7 Å². The van der Waals surface area contributed by atoms with Crippen molar-refractivity contribution in [3.05, 3.63) is 59.9 Å². The maximum absolute atomic E-state index is 12.6. The molecule has 0 saturated carbocycles. The molecule has 0 radical (unpaired) electrons. The van der Waals surface area contributed by atoms with Crippen molar-refractivity contribution in [1.82, 2.24) is 9.29 Å². The van der Waals surface area contributed by atoms with Crippen molar-refractivity contribution < 1.29 is 8.42 Å². The SMILES string of the molecule is CCN(Cc1ccccc1C)S(=O)(=O)c1cccnc1. The summed E-state index contributed by atoms with van der Waals surface area (Å²) in [7, 11) is -3.50. The van der Waals surface area contributed by atoms with E-state index in [0.29, 0.717) is 13.1 Å². The predicted molar refractivity (Wildman–Crippen MR) is 78.7 cm³/mol. The van der Waals surface area contributed by atoms with Gasteiger partial charge in [-0.2, -0.15) is 4.31 Å². The summed E-state index contributed by atoms with van der Waals surface area (Å²) in [6.45, 7) is 4.62. The zero-order valence-corrected chi connectivity index (χ0v) is 12.5. The lowest BCUT2D eigenvalue weighted by Crippen LogP contribution is -2.30. The number of aromatic nitrogens is 1. The van der Waals surface area contributed by atoms with Crippen LogP contribution in [0, 0.1) is 6.92 Å². The van der Waals surface area contributed by atoms with Crippen molar-refractivity contribution in [3.63, 3.8) is 0 Å². The zero-order valence-electron chi connectivity index (χ0n) is 11.7. The molecule has 4 nitrogen and oxygen atoms in total. The Kier molecular flexibility index (Phi) is 4.52. The smallest absolute Gasteiger partial charge is 0.244 e. The Morgan fingerprint density at radius 1 is 1.15 bits per heavy atom. The molecule has 5 heteroatoms. The molecule has 0 unspecified atom stereocenters. The van der Waals surface area contributed by atoms with Gasteiger partial charge in [0, 0.05) is 25.5 Å². The van der Waals surface area contributed by atoms with Crippen LogP contribution >= 0.6 is 0 Å². The molecule has 2 rings (SSSR count). The Balaban J connectivity index is 2.32. The van der Waals surface area contributed by atoms with Gasteiger partial charge in [0.15, 0.2) is 0 Å². The molecule has 0 fully saturated rings. The number of aryl methyl sites for hydroxylation is 1. The molecular formula is C15H18N2O2S. The predicted octanol–water partition coefficient (Wildman–Crippen LogP) is 2.60. The molecule has 1 heterocycles. The number of hydrogen-bond acceptors (Lipinski definition) is 3. The highest BCUT2D eigenvalue weighted by Crippen LogP contribution is 2.18. The molecule has 20 heavy (non-hydrogen) atoms. The van der Waals surface area contributed by atoms with Crippen LogP contribution in [0.25, 0.3) is 0 Å². The van der Waals surface area contributed by atoms with E-state index in [0.717, 1.165) is 11.1 Å². The van der Waals surface area contributed by atoms with E-state index in [4.69, 9.17) is 0 Å². The first kappa shape index (κ1) is 14.7. The molecule has 0 N–H and O–H groups in total. The highest BCUT2D eigenvalue weighted by molar-refractivity contribution is 7.89. The molecule has 106 valence electrons. The number of nitrogens with zero attached hydrogens (tertiary/aromatic N) is 2. The lowest BCUT2D eigenvalue weighted by molar-refractivity contribution is 0.422. The maximum Gasteiger partial charge on any atom is 0.244 e. The van der Waals surface area contributed by atoms with E-state index in [1.165, 1.54) is 10.5 Å². The average Bonchev–Trinajstić information content (AvgIpc) is 2.47. The Morgan fingerprint density at radius 3 is 2.50 bits per heavy atom. The highest BCUT2D eigenvalue weighted by atomic mass is 32.2. The molecule has 0 spiro atoms. The van der Waals surface area contributed by atoms with Crippen molar-refractivity contribution in [2.45, 2.75) is 25.3 Å². The summed E-state index contributed by atoms with van der Waals surface area (Å²) >= 11 is 0. The molecule has 0 bridgehead atoms. The van der Waals surface area contributed by atoms with E-state index in [-0.39, 0.29) is 4.90 Å². The topological polar surface area (TPSA) is 50.3 Å². The normalized spacial score (nSPS) is 11.8. The number of benzene rings is 1. The van der Waals surface area contributed by atoms with Crippen LogP contribution < -0.4 is 0 Å². The molecule has 0 aliphatic carbocycles. The lowest BCUT2D eigenvalue weighted by Gasteiger charge is -2.21. The van der Waals surface area contributed by atoms with Gasteiger partial charge in [0.05, 0.1) is 0 Å². The van der Waals surface area contributed by atoms with Gasteiger partial charge in [-0.25, -0.2) is 8.42 Å². The van der Waals surface area contributed by atoms with Crippen molar-refractivity contribution in [1.29, 1.82) is 0 Å². The van der Waals surface area contributed by atoms with Crippen LogP contribution in [0.4, 0.5) is 0 Å². The molecule has 1 aromatic carbocycles. The fraction of sp³-hybridized carbons (Fsp3) is 0.267. The van der Waals surface area contributed by atoms with Gasteiger partial charge in [-0.15, -0.1) is 0 Å². The molecule has 0 amide bonds. The van der Waals surface area contributed by atoms with Crippen molar-refractivity contribution >= 4 is 10.0 Å². The van der Waals surface area contributed by atoms with Gasteiger partial charge in [-0.3, -0.25) is 4.98 Å². The van der Waals surface area contributed by atoms with Gasteiger partial charge < -0.3 is 0 Å². The third-order valence-corrected chi connectivity index (χ3v) is 5.14. The van der Waals surface area contributed by atoms with Crippen molar-refractivity contribution in [2.75, 3.05) is 6.54 Å². The second-order valence-corrected chi connectivity index (χ2v) is 6.48. The monoisotopic (exact) mass is 290 g/mol. The molecule has 2 aromatic rings. The first-order chi connectivity index (χ1) is 9.55. The number of hydrogen-bond donors (Lipinski definition) is 0. The van der Waals surface area contributed by atoms with Crippen molar-refractivity contribution in [2.24, 2.45) is 0 Å². The number of sulfonamides is 1. The summed E-state index contributed by atoms with van der Waals surface area (Å²) in [5.41, 5.74) is 2.11. The average molecular weight is 290 g/mol. The van der Waals surface area contributed by atoms with Gasteiger partial charge in [0.2, 0.25) is 10.0 Å². The highest BCUT2D eigenvalue weighted by Gasteiger charge is 2.23. The first-order valence-electron chi connectivity index (χ1n) is 6.50. The molecule has 0 atom stereocenters. The van der Waals surface area contributed by atoms with Gasteiger partial charge >= 0.3 is 0 Å². The minimum atomic E-state index is -3.50. The van der Waals surface area contributed by atoms with Crippen LogP contribution in [0.2, 0.25) is 0 Å². The first-order valence-corrected chi connectivity index (χ1v) is 7.94. The summed E-state index contributed by atoms with van der Waals surface area (Å²) in [4.78, 5) is 4.12. The summed E-state index contributed by atoms with van der Waals surface area (Å²) in [6, 6.07) is 11.0. The van der Waals surface area contributed by atoms with Crippen LogP contribution in [0.1, 0.15) is 18.1 Å². The maximum atomic E-state index is 12.6. The van der Waals surface area contributed by atoms with E-state index < -0.39 is 10.0 Å². The Morgan fingerprint density at radius 2 is 1.90 bits per heavy atom. The molecule has 0 aliphatic heterocycles. The van der Waals surface area contributed by atoms with Crippen LogP contribution in [0.5, 0.6) is 0 Å². The molecule has 0 aliphatic rings. The van der Waals surface area contributed by atoms with Gasteiger partial charge in [0.1, 0.15) is 4.90 Å². The van der Waals surface area contributed by atoms with Crippen molar-refractivity contribution in [3.8, 4) is 0 Å². The zero-order chi connectivity index (χ0) is 14.6. The third kappa shape index (κ3) is 3.05.